The number of benzene rings is 2. The maximum atomic E-state index is 12.3. The molecule has 0 aliphatic carbocycles. The third-order valence-electron chi connectivity index (χ3n) is 4.39. The second kappa shape index (κ2) is 8.66. The lowest BCUT2D eigenvalue weighted by atomic mass is 9.87. The molecule has 2 aromatic carbocycles. The van der Waals surface area contributed by atoms with E-state index in [4.69, 9.17) is 20.9 Å². The van der Waals surface area contributed by atoms with Crippen LogP contribution in [-0.4, -0.2) is 22.2 Å². The average Bonchev–Trinajstić information content (AvgIpc) is 3.15. The van der Waals surface area contributed by atoms with Crippen LogP contribution in [0.2, 0.25) is 5.02 Å². The molecule has 0 spiro atoms. The van der Waals surface area contributed by atoms with E-state index in [0.717, 1.165) is 5.56 Å². The quantitative estimate of drug-likeness (QED) is 0.629. The van der Waals surface area contributed by atoms with Crippen molar-refractivity contribution in [2.75, 3.05) is 0 Å². The van der Waals surface area contributed by atoms with E-state index in [1.807, 2.05) is 24.3 Å². The minimum absolute atomic E-state index is 0.0659. The minimum Gasteiger partial charge on any atom is -0.481 e. The topological polar surface area (TPSA) is 77.2 Å². The number of carbonyl (C=O) groups is 1. The Morgan fingerprint density at radius 2 is 1.79 bits per heavy atom. The molecule has 3 rings (SSSR count). The van der Waals surface area contributed by atoms with Gasteiger partial charge in [-0.2, -0.15) is 4.98 Å². The maximum Gasteiger partial charge on any atom is 0.261 e. The van der Waals surface area contributed by atoms with Crippen molar-refractivity contribution < 1.29 is 14.1 Å². The predicted molar refractivity (Wildman–Crippen MR) is 112 cm³/mol. The molecule has 1 unspecified atom stereocenters. The number of amides is 1. The smallest absolute Gasteiger partial charge is 0.261 e. The molecule has 1 heterocycles. The summed E-state index contributed by atoms with van der Waals surface area (Å²) in [6.07, 6.45) is -0.658. The second-order valence-corrected chi connectivity index (χ2v) is 8.21. The lowest BCUT2D eigenvalue weighted by Gasteiger charge is -2.20. The van der Waals surface area contributed by atoms with Crippen molar-refractivity contribution in [3.8, 4) is 17.1 Å². The van der Waals surface area contributed by atoms with Gasteiger partial charge in [0.25, 0.3) is 5.91 Å². The molecule has 7 heteroatoms. The Hall–Kier alpha value is -2.86. The molecule has 0 fully saturated rings. The van der Waals surface area contributed by atoms with E-state index >= 15 is 0 Å². The molecule has 152 valence electrons. The Bertz CT molecular complexity index is 960. The van der Waals surface area contributed by atoms with Gasteiger partial charge in [-0.1, -0.05) is 49.7 Å². The van der Waals surface area contributed by atoms with Crippen molar-refractivity contribution in [3.63, 3.8) is 0 Å². The predicted octanol–water partition coefficient (Wildman–Crippen LogP) is 4.77. The Morgan fingerprint density at radius 3 is 2.41 bits per heavy atom. The van der Waals surface area contributed by atoms with Gasteiger partial charge in [0.1, 0.15) is 5.75 Å². The van der Waals surface area contributed by atoms with Crippen LogP contribution in [0.4, 0.5) is 0 Å². The Kier molecular flexibility index (Phi) is 6.23. The number of halogens is 1. The van der Waals surface area contributed by atoms with Crippen LogP contribution in [0, 0.1) is 0 Å². The number of nitrogens with zero attached hydrogens (tertiary/aromatic N) is 2. The summed E-state index contributed by atoms with van der Waals surface area (Å²) in [4.78, 5) is 16.6. The molecule has 0 aliphatic heterocycles. The van der Waals surface area contributed by atoms with Crippen LogP contribution < -0.4 is 10.1 Å². The fourth-order valence-electron chi connectivity index (χ4n) is 2.64. The standard InChI is InChI=1S/C22H24ClN3O3/c1-14(28-18-11-7-16(8-12-18)22(2,3)4)21(27)24-13-19-25-20(26-29-19)15-5-9-17(23)10-6-15/h5-12,14H,13H2,1-4H3,(H,24,27). The van der Waals surface area contributed by atoms with Crippen molar-refractivity contribution in [2.24, 2.45) is 0 Å². The first-order valence-corrected chi connectivity index (χ1v) is 9.73. The average molecular weight is 414 g/mol. The highest BCUT2D eigenvalue weighted by molar-refractivity contribution is 6.30. The van der Waals surface area contributed by atoms with Gasteiger partial charge in [0, 0.05) is 10.6 Å². The Morgan fingerprint density at radius 1 is 1.14 bits per heavy atom. The van der Waals surface area contributed by atoms with E-state index in [0.29, 0.717) is 22.5 Å². The van der Waals surface area contributed by atoms with Crippen molar-refractivity contribution in [1.82, 2.24) is 15.5 Å². The number of carbonyl (C=O) groups excluding carboxylic acids is 1. The van der Waals surface area contributed by atoms with Crippen molar-refractivity contribution in [2.45, 2.75) is 45.8 Å². The summed E-state index contributed by atoms with van der Waals surface area (Å²) in [5.41, 5.74) is 2.05. The molecule has 3 aromatic rings. The molecule has 1 atom stereocenters. The van der Waals surface area contributed by atoms with E-state index in [2.05, 4.69) is 36.2 Å². The SMILES string of the molecule is CC(Oc1ccc(C(C)(C)C)cc1)C(=O)NCc1nc(-c2ccc(Cl)cc2)no1. The van der Waals surface area contributed by atoms with E-state index in [-0.39, 0.29) is 17.9 Å². The Balaban J connectivity index is 1.53. The fourth-order valence-corrected chi connectivity index (χ4v) is 2.77. The molecule has 1 aromatic heterocycles. The summed E-state index contributed by atoms with van der Waals surface area (Å²) in [7, 11) is 0. The fraction of sp³-hybridized carbons (Fsp3) is 0.318. The molecule has 1 amide bonds. The molecular weight excluding hydrogens is 390 g/mol. The van der Waals surface area contributed by atoms with E-state index in [9.17, 15) is 4.79 Å². The van der Waals surface area contributed by atoms with Gasteiger partial charge in [0.15, 0.2) is 6.10 Å². The van der Waals surface area contributed by atoms with Gasteiger partial charge in [-0.05, 0) is 54.3 Å². The normalized spacial score (nSPS) is 12.4. The molecule has 0 saturated carbocycles. The number of rotatable bonds is 6. The van der Waals surface area contributed by atoms with Crippen LogP contribution >= 0.6 is 11.6 Å². The molecular formula is C22H24ClN3O3. The molecule has 0 saturated heterocycles. The van der Waals surface area contributed by atoms with Crippen LogP contribution in [0.5, 0.6) is 5.75 Å². The van der Waals surface area contributed by atoms with Crippen LogP contribution in [0.25, 0.3) is 11.4 Å². The number of aromatic nitrogens is 2. The van der Waals surface area contributed by atoms with Gasteiger partial charge in [-0.25, -0.2) is 0 Å². The highest BCUT2D eigenvalue weighted by Gasteiger charge is 2.17. The monoisotopic (exact) mass is 413 g/mol. The highest BCUT2D eigenvalue weighted by atomic mass is 35.5. The van der Waals surface area contributed by atoms with Crippen molar-refractivity contribution in [1.29, 1.82) is 0 Å². The first-order chi connectivity index (χ1) is 13.7. The number of ether oxygens (including phenoxy) is 1. The summed E-state index contributed by atoms with van der Waals surface area (Å²) < 4.78 is 10.9. The molecule has 0 bridgehead atoms. The lowest BCUT2D eigenvalue weighted by molar-refractivity contribution is -0.127. The first kappa shape index (κ1) is 20.9. The van der Waals surface area contributed by atoms with Gasteiger partial charge >= 0.3 is 0 Å². The van der Waals surface area contributed by atoms with Crippen molar-refractivity contribution in [3.05, 3.63) is 65.0 Å². The third-order valence-corrected chi connectivity index (χ3v) is 4.64. The first-order valence-electron chi connectivity index (χ1n) is 9.36. The van der Waals surface area contributed by atoms with Gasteiger partial charge in [0.05, 0.1) is 6.54 Å². The van der Waals surface area contributed by atoms with Gasteiger partial charge < -0.3 is 14.6 Å². The zero-order valence-corrected chi connectivity index (χ0v) is 17.7. The highest BCUT2D eigenvalue weighted by Crippen LogP contribution is 2.24. The van der Waals surface area contributed by atoms with Crippen molar-refractivity contribution >= 4 is 17.5 Å². The van der Waals surface area contributed by atoms with E-state index in [1.54, 1.807) is 31.2 Å². The van der Waals surface area contributed by atoms with Gasteiger partial charge in [0.2, 0.25) is 11.7 Å². The van der Waals surface area contributed by atoms with E-state index in [1.165, 1.54) is 5.56 Å². The van der Waals surface area contributed by atoms with Gasteiger partial charge in [-0.15, -0.1) is 0 Å². The number of hydrogen-bond donors (Lipinski definition) is 1. The Labute approximate surface area is 175 Å². The largest absolute Gasteiger partial charge is 0.481 e. The summed E-state index contributed by atoms with van der Waals surface area (Å²) in [5, 5.41) is 7.30. The van der Waals surface area contributed by atoms with Crippen LogP contribution in [0.3, 0.4) is 0 Å². The zero-order chi connectivity index (χ0) is 21.0. The third kappa shape index (κ3) is 5.57. The molecule has 0 aliphatic rings. The van der Waals surface area contributed by atoms with Gasteiger partial charge in [-0.3, -0.25) is 4.79 Å². The zero-order valence-electron chi connectivity index (χ0n) is 16.9. The molecule has 6 nitrogen and oxygen atoms in total. The molecule has 1 N–H and O–H groups in total. The minimum atomic E-state index is -0.658. The van der Waals surface area contributed by atoms with Crippen LogP contribution in [0.15, 0.2) is 53.1 Å². The second-order valence-electron chi connectivity index (χ2n) is 7.77. The van der Waals surface area contributed by atoms with Crippen LogP contribution in [-0.2, 0) is 16.8 Å². The summed E-state index contributed by atoms with van der Waals surface area (Å²) in [5.74, 6) is 1.12. The molecule has 0 radical (unpaired) electrons. The van der Waals surface area contributed by atoms with Crippen LogP contribution in [0.1, 0.15) is 39.1 Å². The number of hydrogen-bond acceptors (Lipinski definition) is 5. The molecule has 29 heavy (non-hydrogen) atoms. The maximum absolute atomic E-state index is 12.3. The summed E-state index contributed by atoms with van der Waals surface area (Å²) in [6.45, 7) is 8.26. The number of nitrogens with one attached hydrogen (secondary N) is 1. The summed E-state index contributed by atoms with van der Waals surface area (Å²) in [6, 6.07) is 14.9. The summed E-state index contributed by atoms with van der Waals surface area (Å²) >= 11 is 5.88. The lowest BCUT2D eigenvalue weighted by Crippen LogP contribution is -2.36. The van der Waals surface area contributed by atoms with E-state index < -0.39 is 6.10 Å².